The van der Waals surface area contributed by atoms with Gasteiger partial charge in [0.15, 0.2) is 0 Å². The van der Waals surface area contributed by atoms with Gasteiger partial charge in [-0.15, -0.1) is 167 Å². The Balaban J connectivity index is 0.000000187. The molecule has 0 saturated heterocycles. The third kappa shape index (κ3) is 18.7. The molecule has 0 saturated carbocycles. The van der Waals surface area contributed by atoms with E-state index in [1.165, 1.54) is 46.3 Å². The van der Waals surface area contributed by atoms with E-state index >= 15 is 0 Å². The van der Waals surface area contributed by atoms with E-state index in [0.29, 0.717) is 51.9 Å². The minimum atomic E-state index is -2.46. The molecule has 116 heavy (non-hydrogen) atoms. The van der Waals surface area contributed by atoms with Crippen molar-refractivity contribution in [2.45, 2.75) is 134 Å². The first-order chi connectivity index (χ1) is 61.0. The van der Waals surface area contributed by atoms with Crippen molar-refractivity contribution in [3.8, 4) is 62.5 Å². The minimum absolute atomic E-state index is 0. The summed E-state index contributed by atoms with van der Waals surface area (Å²) in [6.07, 6.45) is 7.82. The Labute approximate surface area is 776 Å². The van der Waals surface area contributed by atoms with Gasteiger partial charge in [-0.25, -0.2) is 0 Å². The number of pyridine rings is 2. The average Bonchev–Trinajstić information content (AvgIpc) is 1.56. The fraction of sp³-hybridized carbons (Fsp3) is 0.198. The number of aromatic nitrogens is 10. The Bertz CT molecular complexity index is 6880. The summed E-state index contributed by atoms with van der Waals surface area (Å²) < 4.78 is 151. The van der Waals surface area contributed by atoms with Crippen molar-refractivity contribution >= 4 is 54.6 Å². The van der Waals surface area contributed by atoms with Gasteiger partial charge in [-0.05, 0) is 146 Å². The number of hydrogen-bond acceptors (Lipinski definition) is 5. The summed E-state index contributed by atoms with van der Waals surface area (Å²) in [6.45, 7) is 7.15. The van der Waals surface area contributed by atoms with Crippen LogP contribution in [0, 0.1) is 85.3 Å². The van der Waals surface area contributed by atoms with Crippen LogP contribution in [0.4, 0.5) is 0 Å². The molecule has 0 atom stereocenters. The number of para-hydroxylation sites is 5. The Kier molecular flexibility index (Phi) is 23.5. The van der Waals surface area contributed by atoms with Gasteiger partial charge in [0.25, 0.3) is 0 Å². The molecule has 18 aromatic rings. The fourth-order valence-electron chi connectivity index (χ4n) is 14.6. The maximum atomic E-state index is 8.20. The van der Waals surface area contributed by atoms with Gasteiger partial charge < -0.3 is 22.5 Å². The summed E-state index contributed by atoms with van der Waals surface area (Å²) in [5, 5.41) is 5.83. The van der Waals surface area contributed by atoms with E-state index in [-0.39, 0.29) is 152 Å². The second-order valence-corrected chi connectivity index (χ2v) is 28.5. The van der Waals surface area contributed by atoms with Crippen molar-refractivity contribution < 1.29 is 125 Å². The Morgan fingerprint density at radius 3 is 1.34 bits per heavy atom. The Morgan fingerprint density at radius 1 is 0.362 bits per heavy atom. The average molecular weight is 2430 g/mol. The van der Waals surface area contributed by atoms with E-state index in [0.717, 1.165) is 93.7 Å². The largest absolute Gasteiger partial charge is 0.340 e. The van der Waals surface area contributed by atoms with Crippen molar-refractivity contribution in [3.63, 3.8) is 0 Å². The normalized spacial score (nSPS) is 13.8. The van der Waals surface area contributed by atoms with Crippen LogP contribution in [0.2, 0.25) is 0 Å². The molecule has 18 rings (SSSR count). The molecule has 0 aliphatic heterocycles. The van der Waals surface area contributed by atoms with Crippen molar-refractivity contribution in [3.05, 3.63) is 359 Å². The van der Waals surface area contributed by atoms with Crippen LogP contribution in [0.1, 0.15) is 171 Å². The van der Waals surface area contributed by atoms with Crippen LogP contribution in [0.25, 0.3) is 117 Å². The summed E-state index contributed by atoms with van der Waals surface area (Å²) >= 11 is 0. The molecule has 0 amide bonds. The van der Waals surface area contributed by atoms with Gasteiger partial charge in [0, 0.05) is 207 Å². The van der Waals surface area contributed by atoms with E-state index in [4.69, 9.17) is 29.7 Å². The van der Waals surface area contributed by atoms with E-state index in [1.54, 1.807) is 36.8 Å². The first-order valence-corrected chi connectivity index (χ1v) is 37.1. The second-order valence-electron chi connectivity index (χ2n) is 28.5. The zero-order valence-corrected chi connectivity index (χ0v) is 77.2. The maximum Gasteiger partial charge on any atom is 0.0669 e. The van der Waals surface area contributed by atoms with Crippen molar-refractivity contribution in [1.29, 1.82) is 0 Å². The van der Waals surface area contributed by atoms with Gasteiger partial charge in [-0.3, -0.25) is 24.9 Å². The number of nitrogens with zero attached hydrogens (tertiary/aromatic N) is 10. The van der Waals surface area contributed by atoms with Crippen LogP contribution < -0.4 is 0 Å². The molecule has 599 valence electrons. The first kappa shape index (κ1) is 67.7. The summed E-state index contributed by atoms with van der Waals surface area (Å²) in [4.78, 5) is 22.3. The van der Waals surface area contributed by atoms with Gasteiger partial charge in [0.05, 0.1) is 40.2 Å². The van der Waals surface area contributed by atoms with Crippen molar-refractivity contribution in [2.75, 3.05) is 0 Å². The molecule has 15 heteroatoms. The number of benzene rings is 11. The minimum Gasteiger partial charge on any atom is -0.340 e. The topological polar surface area (TPSA) is 88.1 Å². The standard InChI is InChI=1S/C24H19N2.2C22H25N2.C17H15N2.C16H11N2.5Ir/c1-15-9-8-10-16(2)22(15)23-17(3)25-24-20-13-5-4-11-18(20)19-12-6-7-14-21(19)26(23)24;1-15(2)19-12-9-13-20(16(3)4)21(19)24-14-17(5)23-22(24)18-10-7-6-8-11-18;1-15(2)19-12-9-13-20(16(3)4)21(19)24-17(5)14-23-22(24)18-10-7-6-8-11-18;1-13-7-6-8-14(2)16(13)19-12-11-18-17(19)15-9-4-3-5-10-15;1-11-10-18-15-9-5-4-7-13(15)12-6-2-3-8-14(12)16(18)17-11;;;;;/h4-12,14H,1-3H3;2*6-10,12-16H,1-5H3;3-9,11-12H,1-2H3;2-7,9-10H,1H3;;;;;/q5*-1;;;;;/i3D3;2*5D3;1D3,2D3;1D3;;;;;. The molecule has 7 heterocycles. The molecular formula is C101H95Ir5N10-5. The zero-order chi connectivity index (χ0) is 92.7. The number of rotatable bonds is 11. The molecule has 10 nitrogen and oxygen atoms in total. The molecule has 0 spiro atoms. The van der Waals surface area contributed by atoms with Crippen molar-refractivity contribution in [1.82, 2.24) is 47.4 Å². The molecule has 0 aliphatic rings. The Hall–Kier alpha value is -9.28. The maximum absolute atomic E-state index is 8.20. The van der Waals surface area contributed by atoms with Gasteiger partial charge in [0.1, 0.15) is 0 Å². The summed E-state index contributed by atoms with van der Waals surface area (Å²) in [5.74, 6) is 2.74. The van der Waals surface area contributed by atoms with E-state index in [1.807, 2.05) is 183 Å². The van der Waals surface area contributed by atoms with Crippen LogP contribution in [-0.2, 0) is 101 Å². The van der Waals surface area contributed by atoms with Gasteiger partial charge in [-0.1, -0.05) is 175 Å². The molecule has 0 bridgehead atoms. The third-order valence-corrected chi connectivity index (χ3v) is 19.7. The van der Waals surface area contributed by atoms with Crippen LogP contribution in [0.5, 0.6) is 0 Å². The quantitative estimate of drug-likeness (QED) is 0.0951. The number of fused-ring (bicyclic) bond motifs is 12. The Morgan fingerprint density at radius 2 is 0.828 bits per heavy atom. The monoisotopic (exact) mass is 2430 g/mol. The molecular weight excluding hydrogens is 2310 g/mol. The van der Waals surface area contributed by atoms with Crippen LogP contribution in [-0.4, -0.2) is 47.4 Å². The van der Waals surface area contributed by atoms with Crippen LogP contribution in [0.3, 0.4) is 0 Å². The van der Waals surface area contributed by atoms with Gasteiger partial charge in [-0.2, -0.15) is 0 Å². The number of aryl methyl sites for hydroxylation is 8. The molecule has 11 aromatic carbocycles. The summed E-state index contributed by atoms with van der Waals surface area (Å²) in [6, 6.07) is 88.5. The van der Waals surface area contributed by atoms with Crippen molar-refractivity contribution in [2.24, 2.45) is 0 Å². The molecule has 0 N–H and O–H groups in total. The van der Waals surface area contributed by atoms with Crippen LogP contribution >= 0.6 is 0 Å². The molecule has 0 fully saturated rings. The second kappa shape index (κ2) is 40.2. The van der Waals surface area contributed by atoms with E-state index in [2.05, 4.69) is 148 Å². The predicted molar refractivity (Wildman–Crippen MR) is 461 cm³/mol. The van der Waals surface area contributed by atoms with E-state index in [9.17, 15) is 0 Å². The smallest absolute Gasteiger partial charge is 0.0669 e. The number of imidazole rings is 5. The number of hydrogen-bond donors (Lipinski definition) is 0. The zero-order valence-electron chi connectivity index (χ0n) is 83.3. The molecule has 5 radical (unpaired) electrons. The van der Waals surface area contributed by atoms with Gasteiger partial charge in [0.2, 0.25) is 0 Å². The van der Waals surface area contributed by atoms with Gasteiger partial charge >= 0.3 is 0 Å². The fourth-order valence-corrected chi connectivity index (χ4v) is 14.6. The first-order valence-electron chi connectivity index (χ1n) is 46.1. The SMILES string of the molecule is [2H]C([2H])([2H])c1cccc(C([2H])([2H])[2H])c1-n1ccnc1-c1[c-]cccc1.[2H]C([2H])([2H])c1cn(-c2c(C(C)C)cccc2C(C)C)c(-c2[c-]cccc2)n1.[2H]C([2H])([2H])c1cn2c3ccccc3c3ccc[c-]c3c2n1.[2H]C([2H])([2H])c1cnc(-c2[c-]cccc2)n1-c1c(C(C)C)cccc1C(C)C.[2H]C([2H])([2H])c1nc2c3[c-]cccc3c3ccccc3n2c1-c1c(C)cccc1C.[Ir].[Ir].[Ir].[Ir].[Ir]. The molecule has 0 aliphatic carbocycles. The molecule has 0 unspecified atom stereocenters. The third-order valence-electron chi connectivity index (χ3n) is 19.7. The van der Waals surface area contributed by atoms with E-state index < -0.39 is 41.1 Å². The molecule has 7 aromatic heterocycles. The van der Waals surface area contributed by atoms with Crippen LogP contribution in [0.15, 0.2) is 262 Å². The predicted octanol–water partition coefficient (Wildman–Crippen LogP) is 25.5. The summed E-state index contributed by atoms with van der Waals surface area (Å²) in [7, 11) is 0. The summed E-state index contributed by atoms with van der Waals surface area (Å²) in [5.41, 5.74) is 16.1.